The van der Waals surface area contributed by atoms with Gasteiger partial charge in [-0.2, -0.15) is 0 Å². The number of nitrogens with one attached hydrogen (secondary N) is 2. The van der Waals surface area contributed by atoms with Gasteiger partial charge in [-0.3, -0.25) is 4.79 Å². The molecule has 0 aromatic heterocycles. The maximum atomic E-state index is 12.3. The molecule has 4 aliphatic rings. The first-order chi connectivity index (χ1) is 9.28. The minimum Gasteiger partial charge on any atom is -0.353 e. The van der Waals surface area contributed by atoms with Crippen molar-refractivity contribution in [2.24, 2.45) is 17.8 Å². The van der Waals surface area contributed by atoms with E-state index in [2.05, 4.69) is 10.6 Å². The van der Waals surface area contributed by atoms with E-state index in [1.54, 1.807) is 0 Å². The highest BCUT2D eigenvalue weighted by Crippen LogP contribution is 2.44. The zero-order chi connectivity index (χ0) is 12.8. The monoisotopic (exact) mass is 298 g/mol. The summed E-state index contributed by atoms with van der Waals surface area (Å²) < 4.78 is 0. The van der Waals surface area contributed by atoms with Crippen LogP contribution in [0.3, 0.4) is 0 Å². The summed E-state index contributed by atoms with van der Waals surface area (Å²) in [5, 5.41) is 7.04. The maximum absolute atomic E-state index is 12.3. The van der Waals surface area contributed by atoms with Crippen LogP contribution in [0.25, 0.3) is 0 Å². The van der Waals surface area contributed by atoms with Crippen molar-refractivity contribution < 1.29 is 4.79 Å². The molecular weight excluding hydrogens is 272 g/mol. The first kappa shape index (κ1) is 14.6. The van der Waals surface area contributed by atoms with Crippen LogP contribution < -0.4 is 10.6 Å². The molecule has 2 aliphatic heterocycles. The van der Waals surface area contributed by atoms with Gasteiger partial charge in [0.05, 0.1) is 0 Å². The molecule has 20 heavy (non-hydrogen) atoms. The third-order valence-electron chi connectivity index (χ3n) is 5.63. The highest BCUT2D eigenvalue weighted by Gasteiger charge is 2.42. The van der Waals surface area contributed by atoms with Gasteiger partial charge >= 0.3 is 0 Å². The number of carbonyl (C=O) groups excluding carboxylic acids is 1. The molecule has 2 unspecified atom stereocenters. The Labute approximate surface area is 128 Å². The van der Waals surface area contributed by atoms with Crippen LogP contribution in [0.4, 0.5) is 0 Å². The van der Waals surface area contributed by atoms with Crippen LogP contribution in [0, 0.1) is 17.8 Å². The summed E-state index contributed by atoms with van der Waals surface area (Å²) in [6.07, 6.45) is 11.3. The second-order valence-corrected chi connectivity index (χ2v) is 7.45. The predicted molar refractivity (Wildman–Crippen MR) is 81.9 cm³/mol. The Morgan fingerprint density at radius 1 is 1.00 bits per heavy atom. The maximum Gasteiger partial charge on any atom is 0.220 e. The molecule has 2 saturated heterocycles. The second kappa shape index (κ2) is 5.84. The zero-order valence-corrected chi connectivity index (χ0v) is 13.0. The number of amides is 1. The molecule has 114 valence electrons. The molecule has 4 rings (SSSR count). The summed E-state index contributed by atoms with van der Waals surface area (Å²) in [4.78, 5) is 12.3. The van der Waals surface area contributed by atoms with Crippen molar-refractivity contribution in [1.29, 1.82) is 0 Å². The van der Waals surface area contributed by atoms with Gasteiger partial charge < -0.3 is 10.6 Å². The lowest BCUT2D eigenvalue weighted by molar-refractivity contribution is -0.123. The van der Waals surface area contributed by atoms with E-state index < -0.39 is 0 Å². The molecule has 2 bridgehead atoms. The van der Waals surface area contributed by atoms with Crippen molar-refractivity contribution in [3.63, 3.8) is 0 Å². The third-order valence-corrected chi connectivity index (χ3v) is 5.63. The number of hydrogen-bond donors (Lipinski definition) is 2. The molecule has 0 aromatic rings. The van der Waals surface area contributed by atoms with Gasteiger partial charge in [0.1, 0.15) is 0 Å². The Hall–Kier alpha value is -0.280. The standard InChI is InChI=1S/C16H26N2O.ClH/c19-15(18-16(11-1-2-11)12-3-4-12)9-10-7-13-5-6-14(8-10)17-13;/h10-14,16-17H,1-9H2,(H,18,19);1H. The molecule has 4 fully saturated rings. The molecule has 2 N–H and O–H groups in total. The van der Waals surface area contributed by atoms with Crippen molar-refractivity contribution in [2.75, 3.05) is 0 Å². The van der Waals surface area contributed by atoms with Crippen LogP contribution in [-0.2, 0) is 4.79 Å². The van der Waals surface area contributed by atoms with Gasteiger partial charge in [0.2, 0.25) is 5.91 Å². The van der Waals surface area contributed by atoms with Gasteiger partial charge in [-0.15, -0.1) is 12.4 Å². The van der Waals surface area contributed by atoms with Gasteiger partial charge in [0.25, 0.3) is 0 Å². The fourth-order valence-electron chi connectivity index (χ4n) is 4.38. The lowest BCUT2D eigenvalue weighted by Crippen LogP contribution is -2.42. The third kappa shape index (κ3) is 3.30. The largest absolute Gasteiger partial charge is 0.353 e. The minimum atomic E-state index is 0. The Balaban J connectivity index is 0.00000121. The van der Waals surface area contributed by atoms with Crippen LogP contribution in [0.15, 0.2) is 0 Å². The van der Waals surface area contributed by atoms with Gasteiger partial charge in [0, 0.05) is 24.5 Å². The first-order valence-corrected chi connectivity index (χ1v) is 8.33. The number of fused-ring (bicyclic) bond motifs is 2. The number of carbonyl (C=O) groups is 1. The predicted octanol–water partition coefficient (Wildman–Crippen LogP) is 2.63. The summed E-state index contributed by atoms with van der Waals surface area (Å²) in [5.41, 5.74) is 0. The summed E-state index contributed by atoms with van der Waals surface area (Å²) >= 11 is 0. The van der Waals surface area contributed by atoms with Gasteiger partial charge in [-0.05, 0) is 69.1 Å². The Morgan fingerprint density at radius 3 is 2.05 bits per heavy atom. The molecule has 3 nitrogen and oxygen atoms in total. The van der Waals surface area contributed by atoms with Crippen LogP contribution >= 0.6 is 12.4 Å². The van der Waals surface area contributed by atoms with E-state index in [1.165, 1.54) is 51.4 Å². The molecular formula is C16H27ClN2O. The van der Waals surface area contributed by atoms with E-state index in [0.717, 1.165) is 18.3 Å². The number of piperidine rings is 1. The van der Waals surface area contributed by atoms with Crippen LogP contribution in [0.1, 0.15) is 57.8 Å². The first-order valence-electron chi connectivity index (χ1n) is 8.33. The molecule has 0 radical (unpaired) electrons. The van der Waals surface area contributed by atoms with Crippen LogP contribution in [0.5, 0.6) is 0 Å². The fourth-order valence-corrected chi connectivity index (χ4v) is 4.38. The quantitative estimate of drug-likeness (QED) is 0.819. The zero-order valence-electron chi connectivity index (χ0n) is 12.1. The number of hydrogen-bond acceptors (Lipinski definition) is 2. The van der Waals surface area contributed by atoms with Crippen molar-refractivity contribution in [2.45, 2.75) is 75.9 Å². The Bertz CT molecular complexity index is 343. The lowest BCUT2D eigenvalue weighted by Gasteiger charge is -2.29. The van der Waals surface area contributed by atoms with E-state index in [4.69, 9.17) is 0 Å². The Morgan fingerprint density at radius 2 is 1.55 bits per heavy atom. The van der Waals surface area contributed by atoms with Crippen molar-refractivity contribution in [3.8, 4) is 0 Å². The molecule has 0 aromatic carbocycles. The normalized spacial score (nSPS) is 35.8. The second-order valence-electron chi connectivity index (χ2n) is 7.45. The van der Waals surface area contributed by atoms with Crippen molar-refractivity contribution in [3.05, 3.63) is 0 Å². The topological polar surface area (TPSA) is 41.1 Å². The highest BCUT2D eigenvalue weighted by molar-refractivity contribution is 5.85. The average Bonchev–Trinajstić information content (AvgIpc) is 3.25. The molecule has 2 heterocycles. The van der Waals surface area contributed by atoms with E-state index in [0.29, 0.717) is 30.0 Å². The van der Waals surface area contributed by atoms with Crippen molar-refractivity contribution >= 4 is 18.3 Å². The van der Waals surface area contributed by atoms with Crippen molar-refractivity contribution in [1.82, 2.24) is 10.6 Å². The van der Waals surface area contributed by atoms with E-state index in [-0.39, 0.29) is 12.4 Å². The number of rotatable bonds is 5. The molecule has 0 spiro atoms. The SMILES string of the molecule is Cl.O=C(CC1CC2CCC(C1)N2)NC(C1CC1)C1CC1. The average molecular weight is 299 g/mol. The van der Waals surface area contributed by atoms with Gasteiger partial charge in [-0.25, -0.2) is 0 Å². The molecule has 2 atom stereocenters. The summed E-state index contributed by atoms with van der Waals surface area (Å²) in [5.74, 6) is 2.62. The summed E-state index contributed by atoms with van der Waals surface area (Å²) in [6, 6.07) is 1.95. The molecule has 1 amide bonds. The lowest BCUT2D eigenvalue weighted by atomic mass is 9.89. The molecule has 2 aliphatic carbocycles. The smallest absolute Gasteiger partial charge is 0.220 e. The van der Waals surface area contributed by atoms with Crippen LogP contribution in [0.2, 0.25) is 0 Å². The van der Waals surface area contributed by atoms with Crippen LogP contribution in [-0.4, -0.2) is 24.0 Å². The number of halogens is 1. The van der Waals surface area contributed by atoms with Gasteiger partial charge in [-0.1, -0.05) is 0 Å². The Kier molecular flexibility index (Phi) is 4.28. The van der Waals surface area contributed by atoms with Gasteiger partial charge in [0.15, 0.2) is 0 Å². The summed E-state index contributed by atoms with van der Waals surface area (Å²) in [7, 11) is 0. The van der Waals surface area contributed by atoms with E-state index in [9.17, 15) is 4.79 Å². The van der Waals surface area contributed by atoms with E-state index >= 15 is 0 Å². The molecule has 2 saturated carbocycles. The molecule has 4 heteroatoms. The highest BCUT2D eigenvalue weighted by atomic mass is 35.5. The summed E-state index contributed by atoms with van der Waals surface area (Å²) in [6.45, 7) is 0. The minimum absolute atomic E-state index is 0. The fraction of sp³-hybridized carbons (Fsp3) is 0.938. The van der Waals surface area contributed by atoms with E-state index in [1.807, 2.05) is 0 Å².